The Balaban J connectivity index is 1.39. The van der Waals surface area contributed by atoms with Gasteiger partial charge in [0.2, 0.25) is 0 Å². The molecule has 3 nitrogen and oxygen atoms in total. The summed E-state index contributed by atoms with van der Waals surface area (Å²) in [7, 11) is 0. The minimum Gasteiger partial charge on any atom is -0.307 e. The van der Waals surface area contributed by atoms with Gasteiger partial charge in [-0.3, -0.25) is 9.69 Å². The van der Waals surface area contributed by atoms with E-state index in [2.05, 4.69) is 62.1 Å². The van der Waals surface area contributed by atoms with Gasteiger partial charge in [-0.15, -0.1) is 0 Å². The van der Waals surface area contributed by atoms with Gasteiger partial charge in [-0.2, -0.15) is 0 Å². The Morgan fingerprint density at radius 3 is 2.21 bits per heavy atom. The van der Waals surface area contributed by atoms with Crippen LogP contribution in [0, 0.1) is 27.7 Å². The Bertz CT molecular complexity index is 1180. The maximum Gasteiger partial charge on any atom is 0.258 e. The predicted octanol–water partition coefficient (Wildman–Crippen LogP) is 6.11. The Kier molecular flexibility index (Phi) is 5.62. The number of rotatable bonds is 3. The average Bonchev–Trinajstić information content (AvgIpc) is 3.07. The fourth-order valence-electron chi connectivity index (χ4n) is 5.88. The molecule has 0 atom stereocenters. The maximum absolute atomic E-state index is 13.6. The van der Waals surface area contributed by atoms with Crippen molar-refractivity contribution in [2.75, 3.05) is 24.5 Å². The van der Waals surface area contributed by atoms with E-state index in [0.29, 0.717) is 0 Å². The Morgan fingerprint density at radius 2 is 1.52 bits per heavy atom. The lowest BCUT2D eigenvalue weighted by atomic mass is 9.74. The number of hydrogen-bond acceptors (Lipinski definition) is 2. The Labute approximate surface area is 198 Å². The number of fused-ring (bicyclic) bond motifs is 2. The van der Waals surface area contributed by atoms with Crippen LogP contribution in [0.5, 0.6) is 0 Å². The number of piperidine rings is 1. The number of amides is 1. The van der Waals surface area contributed by atoms with Crippen molar-refractivity contribution >= 4 is 11.6 Å². The van der Waals surface area contributed by atoms with E-state index >= 15 is 0 Å². The molecular formula is C30H34N2O. The SMILES string of the molecule is Cc1cc(C)cc(CN2CCC3(CC2)CN(C(=O)c2cccc(C)c2)c2ccc(C)cc23)c1. The van der Waals surface area contributed by atoms with Crippen LogP contribution in [0.4, 0.5) is 5.69 Å². The highest BCUT2D eigenvalue weighted by molar-refractivity contribution is 6.07. The van der Waals surface area contributed by atoms with Crippen LogP contribution in [-0.4, -0.2) is 30.4 Å². The molecule has 0 saturated carbocycles. The molecule has 33 heavy (non-hydrogen) atoms. The fourth-order valence-corrected chi connectivity index (χ4v) is 5.88. The van der Waals surface area contributed by atoms with Crippen LogP contribution in [0.15, 0.2) is 60.7 Å². The highest BCUT2D eigenvalue weighted by atomic mass is 16.2. The molecule has 3 aromatic rings. The van der Waals surface area contributed by atoms with Gasteiger partial charge in [-0.05, 0) is 83.0 Å². The molecular weight excluding hydrogens is 404 g/mol. The summed E-state index contributed by atoms with van der Waals surface area (Å²) >= 11 is 0. The normalized spacial score (nSPS) is 17.4. The van der Waals surface area contributed by atoms with Gasteiger partial charge in [-0.1, -0.05) is 64.7 Å². The quantitative estimate of drug-likeness (QED) is 0.492. The maximum atomic E-state index is 13.6. The van der Waals surface area contributed by atoms with Crippen molar-refractivity contribution < 1.29 is 4.79 Å². The van der Waals surface area contributed by atoms with E-state index in [0.717, 1.165) is 55.8 Å². The molecule has 2 heterocycles. The zero-order chi connectivity index (χ0) is 23.2. The van der Waals surface area contributed by atoms with Gasteiger partial charge in [0.25, 0.3) is 5.91 Å². The smallest absolute Gasteiger partial charge is 0.258 e. The van der Waals surface area contributed by atoms with E-state index in [9.17, 15) is 4.79 Å². The third-order valence-corrected chi connectivity index (χ3v) is 7.49. The number of anilines is 1. The molecule has 1 amide bonds. The molecule has 2 aliphatic heterocycles. The summed E-state index contributed by atoms with van der Waals surface area (Å²) in [6, 6.07) is 21.5. The molecule has 0 N–H and O–H groups in total. The first-order chi connectivity index (χ1) is 15.8. The second-order valence-corrected chi connectivity index (χ2v) is 10.3. The van der Waals surface area contributed by atoms with E-state index in [1.165, 1.54) is 27.8 Å². The molecule has 0 aliphatic carbocycles. The molecule has 0 aromatic heterocycles. The van der Waals surface area contributed by atoms with Crippen molar-refractivity contribution in [1.29, 1.82) is 0 Å². The molecule has 1 spiro atoms. The Hall–Kier alpha value is -2.91. The first-order valence-corrected chi connectivity index (χ1v) is 12.1. The van der Waals surface area contributed by atoms with E-state index in [1.54, 1.807) is 0 Å². The van der Waals surface area contributed by atoms with Crippen molar-refractivity contribution in [3.05, 3.63) is 99.6 Å². The summed E-state index contributed by atoms with van der Waals surface area (Å²) in [6.07, 6.45) is 2.18. The molecule has 0 unspecified atom stereocenters. The minimum absolute atomic E-state index is 0.0554. The van der Waals surface area contributed by atoms with Gasteiger partial charge in [0, 0.05) is 29.8 Å². The Morgan fingerprint density at radius 1 is 0.818 bits per heavy atom. The lowest BCUT2D eigenvalue weighted by Crippen LogP contribution is -2.45. The number of likely N-dealkylation sites (tertiary alicyclic amines) is 1. The second kappa shape index (κ2) is 8.46. The van der Waals surface area contributed by atoms with Crippen molar-refractivity contribution in [2.24, 2.45) is 0 Å². The van der Waals surface area contributed by atoms with Crippen LogP contribution in [0.2, 0.25) is 0 Å². The average molecular weight is 439 g/mol. The number of carbonyl (C=O) groups is 1. The third-order valence-electron chi connectivity index (χ3n) is 7.49. The van der Waals surface area contributed by atoms with Crippen molar-refractivity contribution in [1.82, 2.24) is 4.90 Å². The van der Waals surface area contributed by atoms with Crippen LogP contribution in [0.3, 0.4) is 0 Å². The van der Waals surface area contributed by atoms with Gasteiger partial charge in [-0.25, -0.2) is 0 Å². The summed E-state index contributed by atoms with van der Waals surface area (Å²) in [5, 5.41) is 0. The molecule has 3 aromatic carbocycles. The fraction of sp³-hybridized carbons (Fsp3) is 0.367. The summed E-state index contributed by atoms with van der Waals surface area (Å²) < 4.78 is 0. The minimum atomic E-state index is 0.0554. The topological polar surface area (TPSA) is 23.6 Å². The number of nitrogens with zero attached hydrogens (tertiary/aromatic N) is 2. The molecule has 3 heteroatoms. The highest BCUT2D eigenvalue weighted by Gasteiger charge is 2.46. The summed E-state index contributed by atoms with van der Waals surface area (Å²) in [4.78, 5) is 18.2. The van der Waals surface area contributed by atoms with Crippen LogP contribution in [0.25, 0.3) is 0 Å². The predicted molar refractivity (Wildman–Crippen MR) is 136 cm³/mol. The second-order valence-electron chi connectivity index (χ2n) is 10.3. The molecule has 170 valence electrons. The standard InChI is InChI=1S/C30H34N2O/c1-21-6-5-7-26(17-21)29(33)32-20-30(27-18-22(2)8-9-28(27)32)10-12-31(13-11-30)19-25-15-23(3)14-24(4)16-25/h5-9,14-18H,10-13,19-20H2,1-4H3. The number of hydrogen-bond donors (Lipinski definition) is 0. The van der Waals surface area contributed by atoms with Crippen LogP contribution >= 0.6 is 0 Å². The van der Waals surface area contributed by atoms with Crippen LogP contribution < -0.4 is 4.90 Å². The molecule has 2 aliphatic rings. The molecule has 1 fully saturated rings. The highest BCUT2D eigenvalue weighted by Crippen LogP contribution is 2.48. The number of carbonyl (C=O) groups excluding carboxylic acids is 1. The van der Waals surface area contributed by atoms with Crippen molar-refractivity contribution in [3.63, 3.8) is 0 Å². The zero-order valence-electron chi connectivity index (χ0n) is 20.3. The van der Waals surface area contributed by atoms with Crippen LogP contribution in [0.1, 0.15) is 56.6 Å². The van der Waals surface area contributed by atoms with E-state index < -0.39 is 0 Å². The lowest BCUT2D eigenvalue weighted by molar-refractivity contribution is 0.0975. The summed E-state index contributed by atoms with van der Waals surface area (Å²) in [5.41, 5.74) is 9.79. The first kappa shape index (κ1) is 21.9. The van der Waals surface area contributed by atoms with E-state index in [4.69, 9.17) is 0 Å². The van der Waals surface area contributed by atoms with E-state index in [-0.39, 0.29) is 11.3 Å². The number of benzene rings is 3. The monoisotopic (exact) mass is 438 g/mol. The summed E-state index contributed by atoms with van der Waals surface area (Å²) in [5.74, 6) is 0.123. The first-order valence-electron chi connectivity index (χ1n) is 12.1. The van der Waals surface area contributed by atoms with Gasteiger partial charge in [0.05, 0.1) is 0 Å². The number of aryl methyl sites for hydroxylation is 4. The third kappa shape index (κ3) is 4.22. The van der Waals surface area contributed by atoms with Crippen molar-refractivity contribution in [3.8, 4) is 0 Å². The van der Waals surface area contributed by atoms with Crippen LogP contribution in [-0.2, 0) is 12.0 Å². The summed E-state index contributed by atoms with van der Waals surface area (Å²) in [6.45, 7) is 12.5. The van der Waals surface area contributed by atoms with Gasteiger partial charge >= 0.3 is 0 Å². The lowest BCUT2D eigenvalue weighted by Gasteiger charge is -2.40. The van der Waals surface area contributed by atoms with Gasteiger partial charge < -0.3 is 4.90 Å². The van der Waals surface area contributed by atoms with Gasteiger partial charge in [0.1, 0.15) is 0 Å². The van der Waals surface area contributed by atoms with Gasteiger partial charge in [0.15, 0.2) is 0 Å². The molecule has 0 radical (unpaired) electrons. The largest absolute Gasteiger partial charge is 0.307 e. The van der Waals surface area contributed by atoms with Crippen molar-refractivity contribution in [2.45, 2.75) is 52.5 Å². The van der Waals surface area contributed by atoms with E-state index in [1.807, 2.05) is 36.1 Å². The molecule has 0 bridgehead atoms. The molecule has 1 saturated heterocycles. The molecule has 5 rings (SSSR count). The zero-order valence-corrected chi connectivity index (χ0v) is 20.3.